The lowest BCUT2D eigenvalue weighted by Gasteiger charge is -2.11. The van der Waals surface area contributed by atoms with E-state index in [1.807, 2.05) is 6.07 Å². The summed E-state index contributed by atoms with van der Waals surface area (Å²) < 4.78 is 26.3. The van der Waals surface area contributed by atoms with Crippen molar-refractivity contribution in [2.75, 3.05) is 15.4 Å². The number of aromatic nitrogens is 1. The van der Waals surface area contributed by atoms with Crippen LogP contribution in [-0.4, -0.2) is 19.4 Å². The number of halogens is 1. The number of rotatable bonds is 2. The van der Waals surface area contributed by atoms with Crippen LogP contribution in [0.3, 0.4) is 0 Å². The van der Waals surface area contributed by atoms with E-state index in [1.54, 1.807) is 18.2 Å². The van der Waals surface area contributed by atoms with Crippen LogP contribution in [0.25, 0.3) is 0 Å². The van der Waals surface area contributed by atoms with Crippen LogP contribution in [0.5, 0.6) is 0 Å². The van der Waals surface area contributed by atoms with E-state index in [2.05, 4.69) is 36.3 Å². The minimum absolute atomic E-state index is 0.191. The number of nitrogens with one attached hydrogen (secondary N) is 3. The van der Waals surface area contributed by atoms with Crippen LogP contribution < -0.4 is 15.4 Å². The number of anilines is 3. The lowest BCUT2D eigenvalue weighted by molar-refractivity contribution is 0.262. The van der Waals surface area contributed by atoms with Crippen molar-refractivity contribution in [2.45, 2.75) is 5.75 Å². The molecule has 2 amide bonds. The van der Waals surface area contributed by atoms with Crippen molar-refractivity contribution >= 4 is 49.0 Å². The lowest BCUT2D eigenvalue weighted by atomic mass is 10.3. The number of hydrogen-bond donors (Lipinski definition) is 3. The van der Waals surface area contributed by atoms with E-state index in [0.29, 0.717) is 22.8 Å². The second-order valence-electron chi connectivity index (χ2n) is 4.60. The van der Waals surface area contributed by atoms with Gasteiger partial charge in [-0.05, 0) is 34.1 Å². The molecule has 3 rings (SSSR count). The number of carbonyl (C=O) groups is 1. The highest BCUT2D eigenvalue weighted by Gasteiger charge is 2.27. The normalized spacial score (nSPS) is 14.8. The maximum Gasteiger partial charge on any atom is 0.323 e. The molecule has 0 spiro atoms. The molecular weight excluding hydrogens is 372 g/mol. The van der Waals surface area contributed by atoms with Crippen molar-refractivity contribution in [2.24, 2.45) is 0 Å². The fraction of sp³-hybridized carbons (Fsp3) is 0.0769. The van der Waals surface area contributed by atoms with E-state index in [9.17, 15) is 13.2 Å². The van der Waals surface area contributed by atoms with E-state index in [-0.39, 0.29) is 5.75 Å². The number of para-hydroxylation sites is 1. The zero-order chi connectivity index (χ0) is 15.7. The third kappa shape index (κ3) is 3.04. The molecule has 0 radical (unpaired) electrons. The fourth-order valence-corrected chi connectivity index (χ4v) is 3.62. The Morgan fingerprint density at radius 1 is 1.18 bits per heavy atom. The Hall–Kier alpha value is -2.13. The van der Waals surface area contributed by atoms with E-state index in [0.717, 1.165) is 4.47 Å². The number of nitrogens with zero attached hydrogens (tertiary/aromatic N) is 1. The van der Waals surface area contributed by atoms with Gasteiger partial charge in [-0.15, -0.1) is 0 Å². The van der Waals surface area contributed by atoms with Gasteiger partial charge in [-0.2, -0.15) is 0 Å². The molecule has 114 valence electrons. The highest BCUT2D eigenvalue weighted by molar-refractivity contribution is 9.10. The van der Waals surface area contributed by atoms with Crippen LogP contribution in [-0.2, 0) is 15.8 Å². The van der Waals surface area contributed by atoms with Gasteiger partial charge in [0.1, 0.15) is 5.75 Å². The lowest BCUT2D eigenvalue weighted by Crippen LogP contribution is -2.20. The first kappa shape index (κ1) is 14.8. The maximum atomic E-state index is 12.1. The summed E-state index contributed by atoms with van der Waals surface area (Å²) in [5.74, 6) is -0.191. The molecule has 1 aromatic heterocycles. The van der Waals surface area contributed by atoms with Gasteiger partial charge < -0.3 is 10.6 Å². The summed E-state index contributed by atoms with van der Waals surface area (Å²) in [6.07, 6.45) is 1.45. The average molecular weight is 383 g/mol. The Labute approximate surface area is 135 Å². The first-order valence-electron chi connectivity index (χ1n) is 6.25. The van der Waals surface area contributed by atoms with Crippen LogP contribution in [0.15, 0.2) is 41.0 Å². The first-order chi connectivity index (χ1) is 10.4. The number of urea groups is 1. The molecule has 0 saturated carbocycles. The minimum atomic E-state index is -3.42. The second-order valence-corrected chi connectivity index (χ2v) is 7.18. The molecule has 0 unspecified atom stereocenters. The molecule has 7 nitrogen and oxygen atoms in total. The van der Waals surface area contributed by atoms with Crippen molar-refractivity contribution in [3.63, 3.8) is 0 Å². The summed E-state index contributed by atoms with van der Waals surface area (Å²) in [4.78, 5) is 16.1. The molecule has 3 N–H and O–H groups in total. The monoisotopic (exact) mass is 382 g/mol. The SMILES string of the molecule is O=C(Nc1ccccc1Br)Nc1ccnc2c1NS(=O)(=O)C2. The van der Waals surface area contributed by atoms with Crippen LogP contribution in [0, 0.1) is 0 Å². The zero-order valence-electron chi connectivity index (χ0n) is 11.1. The Balaban J connectivity index is 1.79. The first-order valence-corrected chi connectivity index (χ1v) is 8.70. The fourth-order valence-electron chi connectivity index (χ4n) is 2.04. The van der Waals surface area contributed by atoms with Gasteiger partial charge in [0.05, 0.1) is 22.8 Å². The number of hydrogen-bond acceptors (Lipinski definition) is 4. The van der Waals surface area contributed by atoms with Gasteiger partial charge in [-0.1, -0.05) is 12.1 Å². The molecule has 0 bridgehead atoms. The van der Waals surface area contributed by atoms with Crippen molar-refractivity contribution in [1.82, 2.24) is 4.98 Å². The molecule has 0 aliphatic carbocycles. The topological polar surface area (TPSA) is 100 Å². The number of pyridine rings is 1. The zero-order valence-corrected chi connectivity index (χ0v) is 13.5. The van der Waals surface area contributed by atoms with E-state index in [1.165, 1.54) is 12.3 Å². The number of carbonyl (C=O) groups excluding carboxylic acids is 1. The number of fused-ring (bicyclic) bond motifs is 1. The van der Waals surface area contributed by atoms with Crippen LogP contribution >= 0.6 is 15.9 Å². The summed E-state index contributed by atoms with van der Waals surface area (Å²) in [5.41, 5.74) is 1.66. The quantitative estimate of drug-likeness (QED) is 0.743. The highest BCUT2D eigenvalue weighted by atomic mass is 79.9. The third-order valence-electron chi connectivity index (χ3n) is 2.98. The molecule has 22 heavy (non-hydrogen) atoms. The Kier molecular flexibility index (Phi) is 3.75. The van der Waals surface area contributed by atoms with Gasteiger partial charge in [-0.25, -0.2) is 13.2 Å². The van der Waals surface area contributed by atoms with E-state index in [4.69, 9.17) is 0 Å². The Morgan fingerprint density at radius 3 is 2.68 bits per heavy atom. The Bertz CT molecular complexity index is 854. The van der Waals surface area contributed by atoms with Crippen LogP contribution in [0.4, 0.5) is 21.9 Å². The van der Waals surface area contributed by atoms with Crippen molar-refractivity contribution in [3.05, 3.63) is 46.7 Å². The summed E-state index contributed by atoms with van der Waals surface area (Å²) in [6, 6.07) is 8.21. The number of sulfonamides is 1. The van der Waals surface area contributed by atoms with E-state index < -0.39 is 16.1 Å². The van der Waals surface area contributed by atoms with Gasteiger partial charge in [-0.3, -0.25) is 9.71 Å². The van der Waals surface area contributed by atoms with Crippen molar-refractivity contribution < 1.29 is 13.2 Å². The maximum absolute atomic E-state index is 12.1. The second kappa shape index (κ2) is 5.58. The minimum Gasteiger partial charge on any atom is -0.307 e. The molecule has 1 aliphatic heterocycles. The van der Waals surface area contributed by atoms with Crippen LogP contribution in [0.1, 0.15) is 5.69 Å². The smallest absolute Gasteiger partial charge is 0.307 e. The van der Waals surface area contributed by atoms with E-state index >= 15 is 0 Å². The standard InChI is InChI=1S/C13H11BrN4O3S/c14-8-3-1-2-4-9(8)16-13(19)17-10-5-6-15-11-7-22(20,21)18-12(10)11/h1-6,18H,7H2,(H2,15,16,17,19). The number of amides is 2. The summed E-state index contributed by atoms with van der Waals surface area (Å²) in [7, 11) is -3.42. The third-order valence-corrected chi connectivity index (χ3v) is 4.84. The molecule has 1 aromatic carbocycles. The molecule has 0 fully saturated rings. The molecule has 2 heterocycles. The average Bonchev–Trinajstić information content (AvgIpc) is 2.76. The number of benzene rings is 1. The predicted molar refractivity (Wildman–Crippen MR) is 87.3 cm³/mol. The summed E-state index contributed by atoms with van der Waals surface area (Å²) >= 11 is 3.33. The van der Waals surface area contributed by atoms with Crippen molar-refractivity contribution in [1.29, 1.82) is 0 Å². The summed E-state index contributed by atoms with van der Waals surface area (Å²) in [6.45, 7) is 0. The van der Waals surface area contributed by atoms with Gasteiger partial charge >= 0.3 is 6.03 Å². The van der Waals surface area contributed by atoms with Crippen molar-refractivity contribution in [3.8, 4) is 0 Å². The molecule has 0 saturated heterocycles. The molecule has 0 atom stereocenters. The Morgan fingerprint density at radius 2 is 1.91 bits per heavy atom. The predicted octanol–water partition coefficient (Wildman–Crippen LogP) is 2.74. The molecular formula is C13H11BrN4O3S. The largest absolute Gasteiger partial charge is 0.323 e. The highest BCUT2D eigenvalue weighted by Crippen LogP contribution is 2.32. The summed E-state index contributed by atoms with van der Waals surface area (Å²) in [5, 5.41) is 5.29. The van der Waals surface area contributed by atoms with Gasteiger partial charge in [0.2, 0.25) is 10.0 Å². The van der Waals surface area contributed by atoms with Crippen LogP contribution in [0.2, 0.25) is 0 Å². The molecule has 1 aliphatic rings. The molecule has 2 aromatic rings. The van der Waals surface area contributed by atoms with Gasteiger partial charge in [0.25, 0.3) is 0 Å². The van der Waals surface area contributed by atoms with Gasteiger partial charge in [0, 0.05) is 10.7 Å². The molecule has 9 heteroatoms. The van der Waals surface area contributed by atoms with Gasteiger partial charge in [0.15, 0.2) is 0 Å².